The van der Waals surface area contributed by atoms with Gasteiger partial charge in [-0.2, -0.15) is 0 Å². The number of carbonyl (C=O) groups excluding carboxylic acids is 1. The number of nitrogens with one attached hydrogen (secondary N) is 2. The average Bonchev–Trinajstić information content (AvgIpc) is 2.51. The third kappa shape index (κ3) is 7.10. The number of ether oxygens (including phenoxy) is 1. The molecule has 0 bridgehead atoms. The second kappa shape index (κ2) is 8.82. The Morgan fingerprint density at radius 3 is 2.32 bits per heavy atom. The van der Waals surface area contributed by atoms with E-state index in [1.807, 2.05) is 0 Å². The number of carboxylic acids is 1. The van der Waals surface area contributed by atoms with Gasteiger partial charge in [-0.25, -0.2) is 22.7 Å². The number of benzene rings is 1. The van der Waals surface area contributed by atoms with Crippen molar-refractivity contribution in [1.29, 1.82) is 0 Å². The van der Waals surface area contributed by atoms with Crippen LogP contribution in [0.5, 0.6) is 0 Å². The monoisotopic (exact) mass is 372 g/mol. The highest BCUT2D eigenvalue weighted by atomic mass is 32.2. The standard InChI is InChI=1S/C16H24N2O6S/c1-16(2,3)25(22,23)17-9-10-24-15(21)18-13(14(19)20)11-12-7-5-4-6-8-12/h4-8,13,17H,9-11H2,1-3H3,(H,18,21)(H,19,20)/t13-/m0/s1. The van der Waals surface area contributed by atoms with Crippen LogP contribution in [0.15, 0.2) is 30.3 Å². The maximum atomic E-state index is 11.8. The molecule has 1 aromatic rings. The molecule has 0 aromatic heterocycles. The molecule has 0 spiro atoms. The van der Waals surface area contributed by atoms with Crippen LogP contribution in [0.4, 0.5) is 4.79 Å². The second-order valence-electron chi connectivity index (χ2n) is 6.37. The minimum absolute atomic E-state index is 0.0938. The molecule has 1 aromatic carbocycles. The van der Waals surface area contributed by atoms with Crippen LogP contribution in [0.3, 0.4) is 0 Å². The predicted molar refractivity (Wildman–Crippen MR) is 92.7 cm³/mol. The van der Waals surface area contributed by atoms with E-state index < -0.39 is 32.9 Å². The molecule has 9 heteroatoms. The molecule has 0 aliphatic heterocycles. The van der Waals surface area contributed by atoms with Gasteiger partial charge in [-0.15, -0.1) is 0 Å². The fourth-order valence-electron chi connectivity index (χ4n) is 1.77. The summed E-state index contributed by atoms with van der Waals surface area (Å²) in [6.07, 6.45) is -0.805. The maximum Gasteiger partial charge on any atom is 0.407 e. The van der Waals surface area contributed by atoms with Gasteiger partial charge >= 0.3 is 12.1 Å². The van der Waals surface area contributed by atoms with Gasteiger partial charge in [0.2, 0.25) is 10.0 Å². The number of carboxylic acid groups (broad SMARTS) is 1. The van der Waals surface area contributed by atoms with Gasteiger partial charge in [0.25, 0.3) is 0 Å². The van der Waals surface area contributed by atoms with Crippen LogP contribution in [0.2, 0.25) is 0 Å². The lowest BCUT2D eigenvalue weighted by molar-refractivity contribution is -0.139. The lowest BCUT2D eigenvalue weighted by Crippen LogP contribution is -2.44. The first-order valence-electron chi connectivity index (χ1n) is 7.72. The number of rotatable bonds is 8. The van der Waals surface area contributed by atoms with E-state index in [4.69, 9.17) is 4.74 Å². The number of alkyl carbamates (subject to hydrolysis) is 1. The van der Waals surface area contributed by atoms with E-state index in [9.17, 15) is 23.1 Å². The molecule has 3 N–H and O–H groups in total. The minimum atomic E-state index is -3.53. The fourth-order valence-corrected chi connectivity index (χ4v) is 2.56. The van der Waals surface area contributed by atoms with Crippen LogP contribution in [-0.2, 0) is 26.0 Å². The Bertz CT molecular complexity index is 682. The van der Waals surface area contributed by atoms with Crippen LogP contribution in [-0.4, -0.2) is 49.5 Å². The molecule has 1 atom stereocenters. The van der Waals surface area contributed by atoms with Crippen molar-refractivity contribution in [3.8, 4) is 0 Å². The molecule has 8 nitrogen and oxygen atoms in total. The first-order chi connectivity index (χ1) is 11.5. The van der Waals surface area contributed by atoms with Crippen molar-refractivity contribution in [3.63, 3.8) is 0 Å². The Hall–Kier alpha value is -2.13. The van der Waals surface area contributed by atoms with E-state index in [1.54, 1.807) is 51.1 Å². The Morgan fingerprint density at radius 1 is 1.20 bits per heavy atom. The summed E-state index contributed by atoms with van der Waals surface area (Å²) in [6.45, 7) is 4.33. The number of hydrogen-bond acceptors (Lipinski definition) is 5. The van der Waals surface area contributed by atoms with E-state index >= 15 is 0 Å². The summed E-state index contributed by atoms with van der Waals surface area (Å²) in [5, 5.41) is 11.4. The smallest absolute Gasteiger partial charge is 0.407 e. The third-order valence-electron chi connectivity index (χ3n) is 3.31. The Balaban J connectivity index is 2.45. The number of carbonyl (C=O) groups is 2. The molecular formula is C16H24N2O6S. The number of hydrogen-bond donors (Lipinski definition) is 3. The van der Waals surface area contributed by atoms with Gasteiger partial charge in [-0.1, -0.05) is 30.3 Å². The summed E-state index contributed by atoms with van der Waals surface area (Å²) in [6, 6.07) is 7.72. The molecule has 0 saturated heterocycles. The van der Waals surface area contributed by atoms with Crippen molar-refractivity contribution in [1.82, 2.24) is 10.0 Å². The molecule has 0 aliphatic rings. The first kappa shape index (κ1) is 20.9. The molecule has 1 amide bonds. The zero-order chi connectivity index (χ0) is 19.1. The van der Waals surface area contributed by atoms with Crippen molar-refractivity contribution >= 4 is 22.1 Å². The van der Waals surface area contributed by atoms with Crippen LogP contribution in [0.1, 0.15) is 26.3 Å². The van der Waals surface area contributed by atoms with Crippen molar-refractivity contribution in [2.45, 2.75) is 38.0 Å². The molecule has 0 saturated carbocycles. The third-order valence-corrected chi connectivity index (χ3v) is 5.50. The van der Waals surface area contributed by atoms with E-state index in [1.165, 1.54) is 0 Å². The van der Waals surface area contributed by atoms with E-state index in [2.05, 4.69) is 10.0 Å². The number of sulfonamides is 1. The van der Waals surface area contributed by atoms with E-state index in [0.29, 0.717) is 0 Å². The molecule has 1 rings (SSSR count). The Morgan fingerprint density at radius 2 is 1.80 bits per heavy atom. The number of aliphatic carboxylic acids is 1. The molecular weight excluding hydrogens is 348 g/mol. The fraction of sp³-hybridized carbons (Fsp3) is 0.500. The number of amides is 1. The molecule has 140 valence electrons. The maximum absolute atomic E-state index is 11.8. The summed E-state index contributed by atoms with van der Waals surface area (Å²) in [5.41, 5.74) is 0.758. The van der Waals surface area contributed by atoms with Gasteiger partial charge in [-0.3, -0.25) is 0 Å². The van der Waals surface area contributed by atoms with Crippen molar-refractivity contribution in [3.05, 3.63) is 35.9 Å². The summed E-state index contributed by atoms with van der Waals surface area (Å²) in [5.74, 6) is -1.19. The summed E-state index contributed by atoms with van der Waals surface area (Å²) < 4.78 is 29.8. The van der Waals surface area contributed by atoms with Crippen molar-refractivity contribution < 1.29 is 27.9 Å². The van der Waals surface area contributed by atoms with Gasteiger partial charge in [-0.05, 0) is 26.3 Å². The van der Waals surface area contributed by atoms with Crippen LogP contribution in [0, 0.1) is 0 Å². The average molecular weight is 372 g/mol. The van der Waals surface area contributed by atoms with E-state index in [-0.39, 0.29) is 19.6 Å². The zero-order valence-corrected chi connectivity index (χ0v) is 15.3. The van der Waals surface area contributed by atoms with Gasteiger partial charge in [0, 0.05) is 13.0 Å². The van der Waals surface area contributed by atoms with Crippen LogP contribution < -0.4 is 10.0 Å². The molecule has 25 heavy (non-hydrogen) atoms. The van der Waals surface area contributed by atoms with Crippen LogP contribution in [0.25, 0.3) is 0 Å². The van der Waals surface area contributed by atoms with Crippen molar-refractivity contribution in [2.24, 2.45) is 0 Å². The van der Waals surface area contributed by atoms with Crippen molar-refractivity contribution in [2.75, 3.05) is 13.2 Å². The molecule has 0 fully saturated rings. The molecule has 0 aliphatic carbocycles. The first-order valence-corrected chi connectivity index (χ1v) is 9.20. The molecule has 0 unspecified atom stereocenters. The van der Waals surface area contributed by atoms with Gasteiger partial charge in [0.05, 0.1) is 4.75 Å². The largest absolute Gasteiger partial charge is 0.480 e. The molecule has 0 radical (unpaired) electrons. The quantitative estimate of drug-likeness (QED) is 0.588. The zero-order valence-electron chi connectivity index (χ0n) is 14.5. The normalized spacial score (nSPS) is 13.1. The summed E-state index contributed by atoms with van der Waals surface area (Å²) in [7, 11) is -3.53. The highest BCUT2D eigenvalue weighted by Gasteiger charge is 2.28. The minimum Gasteiger partial charge on any atom is -0.480 e. The topological polar surface area (TPSA) is 122 Å². The Kier molecular flexibility index (Phi) is 7.38. The second-order valence-corrected chi connectivity index (χ2v) is 8.89. The predicted octanol–water partition coefficient (Wildman–Crippen LogP) is 1.13. The molecule has 0 heterocycles. The van der Waals surface area contributed by atoms with Gasteiger partial charge < -0.3 is 15.2 Å². The summed E-state index contributed by atoms with van der Waals surface area (Å²) >= 11 is 0. The van der Waals surface area contributed by atoms with Crippen LogP contribution >= 0.6 is 0 Å². The SMILES string of the molecule is CC(C)(C)S(=O)(=O)NCCOC(=O)N[C@@H](Cc1ccccc1)C(=O)O. The van der Waals surface area contributed by atoms with E-state index in [0.717, 1.165) is 5.56 Å². The summed E-state index contributed by atoms with van der Waals surface area (Å²) in [4.78, 5) is 22.9. The Labute approximate surface area is 147 Å². The lowest BCUT2D eigenvalue weighted by Gasteiger charge is -2.19. The highest BCUT2D eigenvalue weighted by Crippen LogP contribution is 2.12. The van der Waals surface area contributed by atoms with Gasteiger partial charge in [0.1, 0.15) is 12.6 Å². The van der Waals surface area contributed by atoms with Gasteiger partial charge in [0.15, 0.2) is 0 Å². The highest BCUT2D eigenvalue weighted by molar-refractivity contribution is 7.90. The lowest BCUT2D eigenvalue weighted by atomic mass is 10.1.